The van der Waals surface area contributed by atoms with Gasteiger partial charge < -0.3 is 5.32 Å². The highest BCUT2D eigenvalue weighted by atomic mass is 32.1. The van der Waals surface area contributed by atoms with E-state index in [0.29, 0.717) is 6.54 Å². The van der Waals surface area contributed by atoms with Gasteiger partial charge in [-0.3, -0.25) is 9.55 Å². The van der Waals surface area contributed by atoms with Crippen LogP contribution in [-0.2, 0) is 6.54 Å². The maximum Gasteiger partial charge on any atom is 0.327 e. The fourth-order valence-corrected chi connectivity index (χ4v) is 1.50. The second-order valence-corrected chi connectivity index (χ2v) is 3.57. The molecule has 72 valence electrons. The number of aromatic nitrogens is 3. The van der Waals surface area contributed by atoms with E-state index in [1.165, 1.54) is 22.2 Å². The summed E-state index contributed by atoms with van der Waals surface area (Å²) >= 11 is 1.51. The zero-order chi connectivity index (χ0) is 9.80. The molecule has 0 aromatic carbocycles. The van der Waals surface area contributed by atoms with Gasteiger partial charge in [-0.2, -0.15) is 0 Å². The standard InChI is InChI=1S/C8H8N4OS/c13-8(12-2-1-9-5-12)11-4-7-3-10-6-14-7/h1-3,5-6H,4H2,(H,11,13). The number of hydrogen-bond donors (Lipinski definition) is 1. The number of hydrogen-bond acceptors (Lipinski definition) is 4. The van der Waals surface area contributed by atoms with Crippen molar-refractivity contribution in [1.29, 1.82) is 0 Å². The lowest BCUT2D eigenvalue weighted by Crippen LogP contribution is -2.26. The van der Waals surface area contributed by atoms with Crippen LogP contribution in [0, 0.1) is 0 Å². The first kappa shape index (κ1) is 8.89. The second kappa shape index (κ2) is 4.01. The van der Waals surface area contributed by atoms with Crippen molar-refractivity contribution in [3.05, 3.63) is 35.3 Å². The Kier molecular flexibility index (Phi) is 2.55. The van der Waals surface area contributed by atoms with Crippen molar-refractivity contribution in [2.75, 3.05) is 0 Å². The molecule has 0 aliphatic rings. The molecule has 2 aromatic heterocycles. The van der Waals surface area contributed by atoms with E-state index >= 15 is 0 Å². The highest BCUT2D eigenvalue weighted by Crippen LogP contribution is 2.04. The van der Waals surface area contributed by atoms with Gasteiger partial charge in [-0.05, 0) is 0 Å². The predicted molar refractivity (Wildman–Crippen MR) is 52.0 cm³/mol. The van der Waals surface area contributed by atoms with Gasteiger partial charge in [0, 0.05) is 23.5 Å². The molecule has 6 heteroatoms. The van der Waals surface area contributed by atoms with Gasteiger partial charge in [-0.25, -0.2) is 9.78 Å². The third-order valence-electron chi connectivity index (χ3n) is 1.64. The summed E-state index contributed by atoms with van der Waals surface area (Å²) in [5.74, 6) is 0. The van der Waals surface area contributed by atoms with Crippen LogP contribution < -0.4 is 5.32 Å². The van der Waals surface area contributed by atoms with Crippen LogP contribution in [0.1, 0.15) is 4.88 Å². The first-order valence-electron chi connectivity index (χ1n) is 4.00. The van der Waals surface area contributed by atoms with E-state index in [-0.39, 0.29) is 6.03 Å². The summed E-state index contributed by atoms with van der Waals surface area (Å²) in [7, 11) is 0. The van der Waals surface area contributed by atoms with Gasteiger partial charge in [-0.1, -0.05) is 0 Å². The summed E-state index contributed by atoms with van der Waals surface area (Å²) in [5, 5.41) is 2.74. The second-order valence-electron chi connectivity index (χ2n) is 2.60. The van der Waals surface area contributed by atoms with Crippen molar-refractivity contribution in [3.8, 4) is 0 Å². The summed E-state index contributed by atoms with van der Waals surface area (Å²) in [5.41, 5.74) is 1.73. The number of carbonyl (C=O) groups excluding carboxylic acids is 1. The maximum atomic E-state index is 11.4. The zero-order valence-corrected chi connectivity index (χ0v) is 8.07. The number of imidazole rings is 1. The Morgan fingerprint density at radius 1 is 1.57 bits per heavy atom. The van der Waals surface area contributed by atoms with Gasteiger partial charge in [0.15, 0.2) is 0 Å². The van der Waals surface area contributed by atoms with E-state index in [2.05, 4.69) is 15.3 Å². The lowest BCUT2D eigenvalue weighted by molar-refractivity contribution is 0.242. The summed E-state index contributed by atoms with van der Waals surface area (Å²) in [6, 6.07) is -0.184. The van der Waals surface area contributed by atoms with Crippen molar-refractivity contribution in [2.45, 2.75) is 6.54 Å². The number of amides is 1. The predicted octanol–water partition coefficient (Wildman–Crippen LogP) is 1.10. The smallest absolute Gasteiger partial charge is 0.327 e. The Bertz CT molecular complexity index is 395. The number of nitrogens with one attached hydrogen (secondary N) is 1. The van der Waals surface area contributed by atoms with Gasteiger partial charge >= 0.3 is 6.03 Å². The first-order chi connectivity index (χ1) is 6.86. The molecule has 5 nitrogen and oxygen atoms in total. The first-order valence-corrected chi connectivity index (χ1v) is 4.88. The minimum atomic E-state index is -0.184. The van der Waals surface area contributed by atoms with Crippen LogP contribution in [0.2, 0.25) is 0 Å². The Labute approximate surface area is 84.4 Å². The normalized spacial score (nSPS) is 10.0. The monoisotopic (exact) mass is 208 g/mol. The molecular formula is C8H8N4OS. The Balaban J connectivity index is 1.90. The molecule has 14 heavy (non-hydrogen) atoms. The van der Waals surface area contributed by atoms with Crippen LogP contribution in [0.25, 0.3) is 0 Å². The van der Waals surface area contributed by atoms with Gasteiger partial charge in [0.2, 0.25) is 0 Å². The summed E-state index contributed by atoms with van der Waals surface area (Å²) in [4.78, 5) is 20.1. The highest BCUT2D eigenvalue weighted by Gasteiger charge is 2.02. The van der Waals surface area contributed by atoms with E-state index < -0.39 is 0 Å². The third kappa shape index (κ3) is 1.97. The van der Waals surface area contributed by atoms with Crippen LogP contribution in [0.4, 0.5) is 4.79 Å². The minimum absolute atomic E-state index is 0.184. The van der Waals surface area contributed by atoms with Crippen molar-refractivity contribution >= 4 is 17.4 Å². The summed E-state index contributed by atoms with van der Waals surface area (Å²) < 4.78 is 1.39. The van der Waals surface area contributed by atoms with Gasteiger partial charge in [-0.15, -0.1) is 11.3 Å². The van der Waals surface area contributed by atoms with E-state index in [1.54, 1.807) is 24.1 Å². The van der Waals surface area contributed by atoms with Crippen LogP contribution in [0.15, 0.2) is 30.4 Å². The van der Waals surface area contributed by atoms with Gasteiger partial charge in [0.05, 0.1) is 12.1 Å². The molecule has 0 fully saturated rings. The molecule has 0 atom stereocenters. The van der Waals surface area contributed by atoms with Crippen LogP contribution in [-0.4, -0.2) is 20.6 Å². The van der Waals surface area contributed by atoms with E-state index in [4.69, 9.17) is 0 Å². The van der Waals surface area contributed by atoms with E-state index in [1.807, 2.05) is 0 Å². The quantitative estimate of drug-likeness (QED) is 0.803. The van der Waals surface area contributed by atoms with Crippen molar-refractivity contribution < 1.29 is 4.79 Å². The van der Waals surface area contributed by atoms with Crippen LogP contribution in [0.3, 0.4) is 0 Å². The fourth-order valence-electron chi connectivity index (χ4n) is 0.963. The topological polar surface area (TPSA) is 59.8 Å². The number of thiazole rings is 1. The summed E-state index contributed by atoms with van der Waals surface area (Å²) in [6.45, 7) is 0.502. The maximum absolute atomic E-state index is 11.4. The summed E-state index contributed by atoms with van der Waals surface area (Å²) in [6.07, 6.45) is 6.36. The van der Waals surface area contributed by atoms with Crippen molar-refractivity contribution in [1.82, 2.24) is 19.9 Å². The number of nitrogens with zero attached hydrogens (tertiary/aromatic N) is 3. The molecule has 1 N–H and O–H groups in total. The largest absolute Gasteiger partial charge is 0.332 e. The molecule has 1 amide bonds. The molecule has 0 radical (unpaired) electrons. The molecule has 0 aliphatic heterocycles. The Hall–Kier alpha value is -1.69. The van der Waals surface area contributed by atoms with Crippen molar-refractivity contribution in [3.63, 3.8) is 0 Å². The molecule has 0 bridgehead atoms. The average molecular weight is 208 g/mol. The number of rotatable bonds is 2. The molecule has 0 spiro atoms. The molecular weight excluding hydrogens is 200 g/mol. The van der Waals surface area contributed by atoms with Gasteiger partial charge in [0.1, 0.15) is 6.33 Å². The average Bonchev–Trinajstić information content (AvgIpc) is 2.87. The highest BCUT2D eigenvalue weighted by molar-refractivity contribution is 7.09. The van der Waals surface area contributed by atoms with Crippen molar-refractivity contribution in [2.24, 2.45) is 0 Å². The minimum Gasteiger partial charge on any atom is -0.332 e. The Morgan fingerprint density at radius 2 is 2.50 bits per heavy atom. The Morgan fingerprint density at radius 3 is 3.14 bits per heavy atom. The molecule has 2 aromatic rings. The third-order valence-corrected chi connectivity index (χ3v) is 2.42. The van der Waals surface area contributed by atoms with Gasteiger partial charge in [0.25, 0.3) is 0 Å². The van der Waals surface area contributed by atoms with E-state index in [9.17, 15) is 4.79 Å². The molecule has 0 saturated carbocycles. The SMILES string of the molecule is O=C(NCc1cncs1)n1ccnc1. The van der Waals surface area contributed by atoms with Crippen LogP contribution in [0.5, 0.6) is 0 Å². The molecule has 0 saturated heterocycles. The van der Waals surface area contributed by atoms with Crippen LogP contribution >= 0.6 is 11.3 Å². The zero-order valence-electron chi connectivity index (χ0n) is 7.25. The van der Waals surface area contributed by atoms with E-state index in [0.717, 1.165) is 4.88 Å². The molecule has 0 unspecified atom stereocenters. The molecule has 2 heterocycles. The molecule has 0 aliphatic carbocycles. The lowest BCUT2D eigenvalue weighted by atomic mass is 10.5. The number of carbonyl (C=O) groups is 1. The lowest BCUT2D eigenvalue weighted by Gasteiger charge is -2.02. The fraction of sp³-hybridized carbons (Fsp3) is 0.125. The molecule has 2 rings (SSSR count).